The summed E-state index contributed by atoms with van der Waals surface area (Å²) in [5.41, 5.74) is 0. The number of halogens is 1. The van der Waals surface area contributed by atoms with E-state index >= 15 is 0 Å². The molecule has 0 bridgehead atoms. The number of hydrogen-bond acceptors (Lipinski definition) is 3. The number of carbonyl (C=O) groups is 1. The van der Waals surface area contributed by atoms with Gasteiger partial charge >= 0.3 is 0 Å². The van der Waals surface area contributed by atoms with E-state index in [1.54, 1.807) is 0 Å². The van der Waals surface area contributed by atoms with Gasteiger partial charge in [-0.2, -0.15) is 0 Å². The summed E-state index contributed by atoms with van der Waals surface area (Å²) in [6, 6.07) is 0.776. The van der Waals surface area contributed by atoms with Crippen LogP contribution in [-0.2, 0) is 9.53 Å². The minimum absolute atomic E-state index is 0. The van der Waals surface area contributed by atoms with Crippen LogP contribution in [0.15, 0.2) is 0 Å². The lowest BCUT2D eigenvalue weighted by atomic mass is 10.1. The van der Waals surface area contributed by atoms with Crippen molar-refractivity contribution in [3.8, 4) is 0 Å². The van der Waals surface area contributed by atoms with E-state index in [4.69, 9.17) is 4.74 Å². The van der Waals surface area contributed by atoms with Crippen LogP contribution in [0.5, 0.6) is 0 Å². The largest absolute Gasteiger partial charge is 0.368 e. The Labute approximate surface area is 103 Å². The quantitative estimate of drug-likeness (QED) is 0.746. The Bertz CT molecular complexity index is 234. The molecule has 0 saturated carbocycles. The second-order valence-electron chi connectivity index (χ2n) is 4.71. The monoisotopic (exact) mass is 248 g/mol. The van der Waals surface area contributed by atoms with Crippen LogP contribution in [0.1, 0.15) is 26.7 Å². The fourth-order valence-corrected chi connectivity index (χ4v) is 2.48. The van der Waals surface area contributed by atoms with Crippen molar-refractivity contribution in [1.82, 2.24) is 10.2 Å². The SMILES string of the molecule is CC1CN(C(=O)C2CCCO2)CC(C)N1.Cl. The number of hydrogen-bond donors (Lipinski definition) is 1. The van der Waals surface area contributed by atoms with Crippen LogP contribution >= 0.6 is 12.4 Å². The molecule has 0 aliphatic carbocycles. The Morgan fingerprint density at radius 2 is 1.94 bits per heavy atom. The summed E-state index contributed by atoms with van der Waals surface area (Å²) in [6.07, 6.45) is 1.75. The van der Waals surface area contributed by atoms with Gasteiger partial charge in [-0.3, -0.25) is 4.79 Å². The Hall–Kier alpha value is -0.320. The van der Waals surface area contributed by atoms with E-state index in [1.165, 1.54) is 0 Å². The predicted molar refractivity (Wildman–Crippen MR) is 64.9 cm³/mol. The molecule has 0 aromatic heterocycles. The van der Waals surface area contributed by atoms with Gasteiger partial charge in [0.15, 0.2) is 0 Å². The molecule has 2 aliphatic rings. The third kappa shape index (κ3) is 3.09. The van der Waals surface area contributed by atoms with Crippen molar-refractivity contribution in [2.45, 2.75) is 44.9 Å². The molecular formula is C11H21ClN2O2. The molecule has 3 atom stereocenters. The van der Waals surface area contributed by atoms with E-state index in [1.807, 2.05) is 4.90 Å². The first-order chi connectivity index (χ1) is 7.16. The molecule has 0 radical (unpaired) electrons. The highest BCUT2D eigenvalue weighted by Crippen LogP contribution is 2.16. The smallest absolute Gasteiger partial charge is 0.251 e. The third-order valence-electron chi connectivity index (χ3n) is 3.07. The molecule has 0 aromatic rings. The summed E-state index contributed by atoms with van der Waals surface area (Å²) in [5, 5.41) is 3.42. The first-order valence-electron chi connectivity index (χ1n) is 5.83. The first-order valence-corrected chi connectivity index (χ1v) is 5.83. The van der Waals surface area contributed by atoms with Crippen LogP contribution < -0.4 is 5.32 Å². The van der Waals surface area contributed by atoms with Crippen LogP contribution in [0, 0.1) is 0 Å². The van der Waals surface area contributed by atoms with E-state index in [-0.39, 0.29) is 24.4 Å². The van der Waals surface area contributed by atoms with Gasteiger partial charge in [-0.15, -0.1) is 12.4 Å². The number of ether oxygens (including phenoxy) is 1. The van der Waals surface area contributed by atoms with Crippen molar-refractivity contribution >= 4 is 18.3 Å². The van der Waals surface area contributed by atoms with E-state index in [9.17, 15) is 4.79 Å². The zero-order valence-corrected chi connectivity index (χ0v) is 10.8. The summed E-state index contributed by atoms with van der Waals surface area (Å²) in [7, 11) is 0. The maximum absolute atomic E-state index is 12.1. The van der Waals surface area contributed by atoms with Crippen molar-refractivity contribution in [1.29, 1.82) is 0 Å². The Morgan fingerprint density at radius 1 is 1.31 bits per heavy atom. The zero-order valence-electron chi connectivity index (χ0n) is 9.94. The molecule has 94 valence electrons. The van der Waals surface area contributed by atoms with Crippen molar-refractivity contribution in [2.24, 2.45) is 0 Å². The number of piperazine rings is 1. The van der Waals surface area contributed by atoms with Crippen molar-refractivity contribution in [2.75, 3.05) is 19.7 Å². The molecule has 2 fully saturated rings. The minimum Gasteiger partial charge on any atom is -0.368 e. The van der Waals surface area contributed by atoms with Gasteiger partial charge in [0.25, 0.3) is 5.91 Å². The average Bonchev–Trinajstić information content (AvgIpc) is 2.67. The number of amides is 1. The average molecular weight is 249 g/mol. The molecule has 1 amide bonds. The highest BCUT2D eigenvalue weighted by molar-refractivity contribution is 5.85. The van der Waals surface area contributed by atoms with Gasteiger partial charge in [0.05, 0.1) is 0 Å². The number of nitrogens with one attached hydrogen (secondary N) is 1. The third-order valence-corrected chi connectivity index (χ3v) is 3.07. The van der Waals surface area contributed by atoms with Crippen molar-refractivity contribution < 1.29 is 9.53 Å². The molecule has 0 aromatic carbocycles. The zero-order chi connectivity index (χ0) is 10.8. The van der Waals surface area contributed by atoms with Crippen molar-refractivity contribution in [3.05, 3.63) is 0 Å². The van der Waals surface area contributed by atoms with Crippen LogP contribution in [0.2, 0.25) is 0 Å². The highest BCUT2D eigenvalue weighted by atomic mass is 35.5. The number of carbonyl (C=O) groups excluding carboxylic acids is 1. The van der Waals surface area contributed by atoms with Gasteiger partial charge in [-0.25, -0.2) is 0 Å². The number of nitrogens with zero attached hydrogens (tertiary/aromatic N) is 1. The first kappa shape index (κ1) is 13.7. The summed E-state index contributed by atoms with van der Waals surface area (Å²) in [4.78, 5) is 14.0. The van der Waals surface area contributed by atoms with Crippen LogP contribution in [-0.4, -0.2) is 48.7 Å². The van der Waals surface area contributed by atoms with Gasteiger partial charge < -0.3 is 15.0 Å². The van der Waals surface area contributed by atoms with Gasteiger partial charge in [-0.1, -0.05) is 0 Å². The summed E-state index contributed by atoms with van der Waals surface area (Å²) >= 11 is 0. The standard InChI is InChI=1S/C11H20N2O2.ClH/c1-8-6-13(7-9(2)12-8)11(14)10-4-3-5-15-10;/h8-10,12H,3-7H2,1-2H3;1H. The molecule has 2 aliphatic heterocycles. The molecule has 3 unspecified atom stereocenters. The Morgan fingerprint density at radius 3 is 2.44 bits per heavy atom. The van der Waals surface area contributed by atoms with Crippen LogP contribution in [0.4, 0.5) is 0 Å². The summed E-state index contributed by atoms with van der Waals surface area (Å²) < 4.78 is 5.43. The number of rotatable bonds is 1. The summed E-state index contributed by atoms with van der Waals surface area (Å²) in [6.45, 7) is 6.59. The van der Waals surface area contributed by atoms with E-state index < -0.39 is 0 Å². The molecule has 5 heteroatoms. The van der Waals surface area contributed by atoms with Gasteiger partial charge in [0, 0.05) is 31.8 Å². The molecule has 4 nitrogen and oxygen atoms in total. The van der Waals surface area contributed by atoms with E-state index in [2.05, 4.69) is 19.2 Å². The molecule has 1 N–H and O–H groups in total. The molecule has 16 heavy (non-hydrogen) atoms. The Kier molecular flexibility index (Phi) is 5.02. The Balaban J connectivity index is 0.00000128. The van der Waals surface area contributed by atoms with E-state index in [0.717, 1.165) is 32.5 Å². The second kappa shape index (κ2) is 5.84. The van der Waals surface area contributed by atoms with Gasteiger partial charge in [-0.05, 0) is 26.7 Å². The molecule has 2 saturated heterocycles. The van der Waals surface area contributed by atoms with Gasteiger partial charge in [0.2, 0.25) is 0 Å². The maximum Gasteiger partial charge on any atom is 0.251 e. The fourth-order valence-electron chi connectivity index (χ4n) is 2.48. The lowest BCUT2D eigenvalue weighted by molar-refractivity contribution is -0.142. The fraction of sp³-hybridized carbons (Fsp3) is 0.909. The molecular weight excluding hydrogens is 228 g/mol. The summed E-state index contributed by atoms with van der Waals surface area (Å²) in [5.74, 6) is 0.188. The molecule has 2 rings (SSSR count). The van der Waals surface area contributed by atoms with Gasteiger partial charge in [0.1, 0.15) is 6.10 Å². The predicted octanol–water partition coefficient (Wildman–Crippen LogP) is 0.796. The molecule has 0 spiro atoms. The second-order valence-corrected chi connectivity index (χ2v) is 4.71. The lowest BCUT2D eigenvalue weighted by Crippen LogP contribution is -2.57. The molecule has 2 heterocycles. The topological polar surface area (TPSA) is 41.6 Å². The normalized spacial score (nSPS) is 34.6. The minimum atomic E-state index is -0.164. The van der Waals surface area contributed by atoms with Crippen molar-refractivity contribution in [3.63, 3.8) is 0 Å². The van der Waals surface area contributed by atoms with Crippen LogP contribution in [0.3, 0.4) is 0 Å². The lowest BCUT2D eigenvalue weighted by Gasteiger charge is -2.37. The van der Waals surface area contributed by atoms with E-state index in [0.29, 0.717) is 12.1 Å². The van der Waals surface area contributed by atoms with Crippen LogP contribution in [0.25, 0.3) is 0 Å². The maximum atomic E-state index is 12.1. The highest BCUT2D eigenvalue weighted by Gasteiger charge is 2.31.